The van der Waals surface area contributed by atoms with Crippen LogP contribution in [-0.2, 0) is 9.59 Å². The highest BCUT2D eigenvalue weighted by atomic mass is 32.1. The third-order valence-electron chi connectivity index (χ3n) is 3.54. The molecule has 1 aliphatic rings. The molecule has 1 aromatic heterocycles. The predicted molar refractivity (Wildman–Crippen MR) is 98.2 cm³/mol. The number of aromatic nitrogens is 1. The minimum Gasteiger partial charge on any atom is -0.504 e. The zero-order valence-corrected chi connectivity index (χ0v) is 15.1. The largest absolute Gasteiger partial charge is 0.504 e. The Morgan fingerprint density at radius 2 is 2.26 bits per heavy atom. The van der Waals surface area contributed by atoms with Gasteiger partial charge in [0.25, 0.3) is 5.91 Å². The van der Waals surface area contributed by atoms with Gasteiger partial charge in [-0.2, -0.15) is 0 Å². The van der Waals surface area contributed by atoms with Crippen molar-refractivity contribution in [1.82, 2.24) is 15.2 Å². The van der Waals surface area contributed by atoms with Crippen LogP contribution in [0.3, 0.4) is 0 Å². The second kappa shape index (κ2) is 7.87. The summed E-state index contributed by atoms with van der Waals surface area (Å²) in [6.07, 6.45) is 2.98. The standard InChI is InChI=1S/C17H16N4O5S/c1-2-26-13-8-10(3-4-12(13)22)7-11-15(24)21(17(25)19-11)9-14(23)20-16-18-5-6-27-16/h3-8,22H,2,9H2,1H3,(H,19,25)(H,18,20,23)/b11-7-. The zero-order valence-electron chi connectivity index (χ0n) is 14.3. The molecule has 4 amide bonds. The van der Waals surface area contributed by atoms with Crippen molar-refractivity contribution in [2.45, 2.75) is 6.92 Å². The number of carbonyl (C=O) groups is 3. The minimum absolute atomic E-state index is 0.0233. The number of phenolic OH excluding ortho intramolecular Hbond substituents is 1. The van der Waals surface area contributed by atoms with Crippen molar-refractivity contribution in [3.8, 4) is 11.5 Å². The Morgan fingerprint density at radius 3 is 2.96 bits per heavy atom. The fourth-order valence-corrected chi connectivity index (χ4v) is 2.91. The lowest BCUT2D eigenvalue weighted by molar-refractivity contribution is -0.127. The first-order chi connectivity index (χ1) is 13.0. The molecule has 2 heterocycles. The lowest BCUT2D eigenvalue weighted by atomic mass is 10.1. The fraction of sp³-hybridized carbons (Fsp3) is 0.176. The van der Waals surface area contributed by atoms with E-state index in [2.05, 4.69) is 15.6 Å². The van der Waals surface area contributed by atoms with Crippen LogP contribution in [0.4, 0.5) is 9.93 Å². The van der Waals surface area contributed by atoms with Gasteiger partial charge in [0.1, 0.15) is 12.2 Å². The van der Waals surface area contributed by atoms with E-state index in [1.165, 1.54) is 29.7 Å². The summed E-state index contributed by atoms with van der Waals surface area (Å²) in [5.74, 6) is -0.914. The van der Waals surface area contributed by atoms with Crippen molar-refractivity contribution in [2.24, 2.45) is 0 Å². The van der Waals surface area contributed by atoms with E-state index in [1.807, 2.05) is 0 Å². The molecule has 0 saturated carbocycles. The summed E-state index contributed by atoms with van der Waals surface area (Å²) in [7, 11) is 0. The number of benzene rings is 1. The molecule has 0 radical (unpaired) electrons. The maximum atomic E-state index is 12.4. The van der Waals surface area contributed by atoms with Crippen LogP contribution in [0.1, 0.15) is 12.5 Å². The molecule has 1 fully saturated rings. The zero-order chi connectivity index (χ0) is 19.4. The first-order valence-corrected chi connectivity index (χ1v) is 8.85. The van der Waals surface area contributed by atoms with Gasteiger partial charge in [0.2, 0.25) is 5.91 Å². The van der Waals surface area contributed by atoms with Gasteiger partial charge in [0.15, 0.2) is 16.6 Å². The number of carbonyl (C=O) groups excluding carboxylic acids is 3. The number of thiazole rings is 1. The van der Waals surface area contributed by atoms with Gasteiger partial charge in [-0.15, -0.1) is 11.3 Å². The summed E-state index contributed by atoms with van der Waals surface area (Å²) >= 11 is 1.23. The molecule has 27 heavy (non-hydrogen) atoms. The summed E-state index contributed by atoms with van der Waals surface area (Å²) < 4.78 is 5.29. The van der Waals surface area contributed by atoms with Crippen LogP contribution in [-0.4, -0.2) is 46.0 Å². The van der Waals surface area contributed by atoms with Crippen LogP contribution in [0.2, 0.25) is 0 Å². The molecule has 140 valence electrons. The monoisotopic (exact) mass is 388 g/mol. The number of hydrogen-bond acceptors (Lipinski definition) is 7. The van der Waals surface area contributed by atoms with E-state index in [9.17, 15) is 19.5 Å². The average Bonchev–Trinajstić information content (AvgIpc) is 3.22. The number of hydrogen-bond donors (Lipinski definition) is 3. The molecular weight excluding hydrogens is 372 g/mol. The van der Waals surface area contributed by atoms with E-state index < -0.39 is 24.4 Å². The number of ether oxygens (including phenoxy) is 1. The number of phenols is 1. The second-order valence-electron chi connectivity index (χ2n) is 5.43. The van der Waals surface area contributed by atoms with E-state index in [-0.39, 0.29) is 17.2 Å². The third-order valence-corrected chi connectivity index (χ3v) is 4.23. The van der Waals surface area contributed by atoms with Crippen LogP contribution < -0.4 is 15.4 Å². The highest BCUT2D eigenvalue weighted by molar-refractivity contribution is 7.13. The Bertz CT molecular complexity index is 910. The predicted octanol–water partition coefficient (Wildman–Crippen LogP) is 1.78. The van der Waals surface area contributed by atoms with E-state index in [0.29, 0.717) is 17.3 Å². The summed E-state index contributed by atoms with van der Waals surface area (Å²) in [6.45, 7) is 1.71. The maximum absolute atomic E-state index is 12.4. The number of anilines is 1. The Kier molecular flexibility index (Phi) is 5.36. The molecule has 10 heteroatoms. The molecule has 2 aromatic rings. The van der Waals surface area contributed by atoms with Crippen LogP contribution in [0, 0.1) is 0 Å². The maximum Gasteiger partial charge on any atom is 0.329 e. The SMILES string of the molecule is CCOc1cc(/C=C2\NC(=O)N(CC(=O)Nc3nccs3)C2=O)ccc1O. The number of nitrogens with one attached hydrogen (secondary N) is 2. The van der Waals surface area contributed by atoms with Crippen LogP contribution in [0.25, 0.3) is 6.08 Å². The van der Waals surface area contributed by atoms with Crippen LogP contribution in [0.15, 0.2) is 35.5 Å². The highest BCUT2D eigenvalue weighted by Crippen LogP contribution is 2.28. The lowest BCUT2D eigenvalue weighted by Gasteiger charge is -2.10. The number of rotatable bonds is 6. The summed E-state index contributed by atoms with van der Waals surface area (Å²) in [4.78, 5) is 41.2. The van der Waals surface area contributed by atoms with Crippen molar-refractivity contribution < 1.29 is 24.2 Å². The van der Waals surface area contributed by atoms with Gasteiger partial charge in [-0.1, -0.05) is 6.07 Å². The van der Waals surface area contributed by atoms with Gasteiger partial charge in [-0.25, -0.2) is 14.7 Å². The normalized spacial score (nSPS) is 15.1. The lowest BCUT2D eigenvalue weighted by Crippen LogP contribution is -2.38. The Hall–Kier alpha value is -3.40. The summed E-state index contributed by atoms with van der Waals surface area (Å²) in [6, 6.07) is 3.85. The highest BCUT2D eigenvalue weighted by Gasteiger charge is 2.35. The molecular formula is C17H16N4O5S. The molecule has 0 atom stereocenters. The number of amides is 4. The van der Waals surface area contributed by atoms with Gasteiger partial charge in [0, 0.05) is 11.6 Å². The molecule has 3 N–H and O–H groups in total. The molecule has 0 unspecified atom stereocenters. The van der Waals surface area contributed by atoms with Gasteiger partial charge in [-0.05, 0) is 30.7 Å². The smallest absolute Gasteiger partial charge is 0.329 e. The molecule has 0 bridgehead atoms. The van der Waals surface area contributed by atoms with Crippen LogP contribution >= 0.6 is 11.3 Å². The summed E-state index contributed by atoms with van der Waals surface area (Å²) in [5, 5.41) is 16.8. The first-order valence-electron chi connectivity index (χ1n) is 7.97. The van der Waals surface area contributed by atoms with E-state index in [0.717, 1.165) is 4.90 Å². The number of imide groups is 1. The van der Waals surface area contributed by atoms with Gasteiger partial charge in [-0.3, -0.25) is 9.59 Å². The molecule has 0 spiro atoms. The van der Waals surface area contributed by atoms with Crippen molar-refractivity contribution in [3.63, 3.8) is 0 Å². The van der Waals surface area contributed by atoms with E-state index >= 15 is 0 Å². The molecule has 9 nitrogen and oxygen atoms in total. The van der Waals surface area contributed by atoms with Gasteiger partial charge < -0.3 is 20.5 Å². The summed E-state index contributed by atoms with van der Waals surface area (Å²) in [5.41, 5.74) is 0.573. The van der Waals surface area contributed by atoms with Crippen molar-refractivity contribution in [1.29, 1.82) is 0 Å². The van der Waals surface area contributed by atoms with E-state index in [1.54, 1.807) is 24.4 Å². The van der Waals surface area contributed by atoms with Crippen molar-refractivity contribution in [3.05, 3.63) is 41.0 Å². The third kappa shape index (κ3) is 4.23. The average molecular weight is 388 g/mol. The Labute approximate surface area is 158 Å². The van der Waals surface area contributed by atoms with Crippen LogP contribution in [0.5, 0.6) is 11.5 Å². The number of aromatic hydroxyl groups is 1. The molecule has 1 aromatic carbocycles. The Balaban J connectivity index is 1.72. The molecule has 1 saturated heterocycles. The molecule has 3 rings (SSSR count). The number of urea groups is 1. The first kappa shape index (κ1) is 18.4. The van der Waals surface area contributed by atoms with Crippen molar-refractivity contribution in [2.75, 3.05) is 18.5 Å². The second-order valence-corrected chi connectivity index (χ2v) is 6.32. The topological polar surface area (TPSA) is 121 Å². The van der Waals surface area contributed by atoms with E-state index in [4.69, 9.17) is 4.74 Å². The quantitative estimate of drug-likeness (QED) is 0.512. The van der Waals surface area contributed by atoms with Gasteiger partial charge in [0.05, 0.1) is 6.61 Å². The van der Waals surface area contributed by atoms with Gasteiger partial charge >= 0.3 is 6.03 Å². The Morgan fingerprint density at radius 1 is 1.44 bits per heavy atom. The molecule has 1 aliphatic heterocycles. The van der Waals surface area contributed by atoms with Crippen molar-refractivity contribution >= 4 is 40.4 Å². The number of nitrogens with zero attached hydrogens (tertiary/aromatic N) is 2. The minimum atomic E-state index is -0.690. The fourth-order valence-electron chi connectivity index (χ4n) is 2.36. The molecule has 0 aliphatic carbocycles.